The van der Waals surface area contributed by atoms with Gasteiger partial charge in [-0.05, 0) is 25.3 Å². The van der Waals surface area contributed by atoms with Crippen LogP contribution in [0.1, 0.15) is 27.2 Å². The zero-order valence-electron chi connectivity index (χ0n) is 12.2. The van der Waals surface area contributed by atoms with Crippen LogP contribution in [0.5, 0.6) is 5.88 Å². The maximum Gasteiger partial charge on any atom is 0.256 e. The van der Waals surface area contributed by atoms with Gasteiger partial charge in [0, 0.05) is 13.2 Å². The number of pyridine rings is 1. The van der Waals surface area contributed by atoms with Gasteiger partial charge in [0.1, 0.15) is 5.60 Å². The van der Waals surface area contributed by atoms with Gasteiger partial charge in [0.15, 0.2) is 0 Å². The Bertz CT molecular complexity index is 417. The Morgan fingerprint density at radius 2 is 2.11 bits per heavy atom. The van der Waals surface area contributed by atoms with Crippen molar-refractivity contribution in [2.75, 3.05) is 19.5 Å². The second kappa shape index (κ2) is 6.52. The highest BCUT2D eigenvalue weighted by molar-refractivity contribution is 5.96. The molecule has 0 aliphatic carbocycles. The fourth-order valence-electron chi connectivity index (χ4n) is 1.89. The molecular formula is C14H22N2O3. The van der Waals surface area contributed by atoms with E-state index in [-0.39, 0.29) is 5.91 Å². The Labute approximate surface area is 114 Å². The number of carbonyl (C=O) groups is 1. The van der Waals surface area contributed by atoms with E-state index < -0.39 is 5.60 Å². The number of nitrogens with zero attached hydrogens (tertiary/aromatic N) is 1. The number of rotatable bonds is 6. The summed E-state index contributed by atoms with van der Waals surface area (Å²) >= 11 is 0. The highest BCUT2D eigenvalue weighted by Gasteiger charge is 2.33. The van der Waals surface area contributed by atoms with Crippen LogP contribution in [0.3, 0.4) is 0 Å². The molecule has 1 N–H and O–H groups in total. The van der Waals surface area contributed by atoms with Crippen LogP contribution < -0.4 is 10.1 Å². The summed E-state index contributed by atoms with van der Waals surface area (Å²) in [5.41, 5.74) is -0.216. The van der Waals surface area contributed by atoms with Crippen molar-refractivity contribution in [2.45, 2.75) is 32.8 Å². The Hall–Kier alpha value is -1.62. The topological polar surface area (TPSA) is 60.5 Å². The molecule has 1 aromatic rings. The van der Waals surface area contributed by atoms with Gasteiger partial charge in [0.2, 0.25) is 5.88 Å². The molecule has 1 atom stereocenters. The van der Waals surface area contributed by atoms with E-state index in [9.17, 15) is 4.79 Å². The number of aromatic nitrogens is 1. The molecule has 0 radical (unpaired) electrons. The third-order valence-electron chi connectivity index (χ3n) is 2.93. The average Bonchev–Trinajstić information content (AvgIpc) is 2.38. The van der Waals surface area contributed by atoms with Gasteiger partial charge < -0.3 is 14.8 Å². The Balaban J connectivity index is 2.75. The molecule has 1 aromatic heterocycles. The summed E-state index contributed by atoms with van der Waals surface area (Å²) in [5.74, 6) is 0.704. The van der Waals surface area contributed by atoms with Gasteiger partial charge in [0.05, 0.1) is 19.0 Å². The Kier molecular flexibility index (Phi) is 5.30. The number of hydrogen-bond donors (Lipinski definition) is 1. The summed E-state index contributed by atoms with van der Waals surface area (Å²) in [7, 11) is 3.10. The smallest absolute Gasteiger partial charge is 0.256 e. The molecule has 5 nitrogen and oxygen atoms in total. The summed E-state index contributed by atoms with van der Waals surface area (Å²) in [6.07, 6.45) is 2.21. The van der Waals surface area contributed by atoms with Crippen LogP contribution in [-0.2, 0) is 9.53 Å². The number of carbonyl (C=O) groups excluding carboxylic acids is 1. The summed E-state index contributed by atoms with van der Waals surface area (Å²) in [6, 6.07) is 3.44. The maximum atomic E-state index is 12.3. The van der Waals surface area contributed by atoms with Crippen LogP contribution in [0, 0.1) is 5.92 Å². The number of amides is 1. The fourth-order valence-corrected chi connectivity index (χ4v) is 1.89. The monoisotopic (exact) mass is 266 g/mol. The van der Waals surface area contributed by atoms with Crippen LogP contribution >= 0.6 is 0 Å². The minimum absolute atomic E-state index is 0.171. The van der Waals surface area contributed by atoms with Crippen molar-refractivity contribution in [1.29, 1.82) is 0 Å². The van der Waals surface area contributed by atoms with E-state index >= 15 is 0 Å². The molecule has 0 aromatic carbocycles. The minimum Gasteiger partial charge on any atom is -0.481 e. The number of methoxy groups -OCH3 is 2. The van der Waals surface area contributed by atoms with Gasteiger partial charge in [-0.25, -0.2) is 4.98 Å². The zero-order chi connectivity index (χ0) is 14.5. The van der Waals surface area contributed by atoms with Crippen molar-refractivity contribution >= 4 is 11.6 Å². The minimum atomic E-state index is -0.839. The summed E-state index contributed by atoms with van der Waals surface area (Å²) < 4.78 is 10.3. The summed E-state index contributed by atoms with van der Waals surface area (Å²) in [5, 5.41) is 2.81. The van der Waals surface area contributed by atoms with Crippen molar-refractivity contribution in [3.8, 4) is 5.88 Å². The van der Waals surface area contributed by atoms with Gasteiger partial charge in [-0.3, -0.25) is 4.79 Å². The van der Waals surface area contributed by atoms with Crippen molar-refractivity contribution in [2.24, 2.45) is 5.92 Å². The molecule has 0 saturated carbocycles. The molecule has 5 heteroatoms. The first kappa shape index (κ1) is 15.4. The van der Waals surface area contributed by atoms with E-state index in [0.717, 1.165) is 0 Å². The second-order valence-corrected chi connectivity index (χ2v) is 5.08. The van der Waals surface area contributed by atoms with Crippen LogP contribution in [0.2, 0.25) is 0 Å². The van der Waals surface area contributed by atoms with E-state index in [4.69, 9.17) is 9.47 Å². The van der Waals surface area contributed by atoms with Gasteiger partial charge in [-0.1, -0.05) is 13.8 Å². The van der Waals surface area contributed by atoms with Crippen molar-refractivity contribution < 1.29 is 14.3 Å². The molecule has 1 heterocycles. The summed E-state index contributed by atoms with van der Waals surface area (Å²) in [4.78, 5) is 16.3. The van der Waals surface area contributed by atoms with Crippen LogP contribution in [0.15, 0.2) is 18.3 Å². The molecule has 0 aliphatic rings. The first-order chi connectivity index (χ1) is 8.91. The van der Waals surface area contributed by atoms with Crippen LogP contribution in [-0.4, -0.2) is 30.7 Å². The maximum absolute atomic E-state index is 12.3. The lowest BCUT2D eigenvalue weighted by Crippen LogP contribution is -2.43. The van der Waals surface area contributed by atoms with Gasteiger partial charge in [-0.2, -0.15) is 0 Å². The van der Waals surface area contributed by atoms with Crippen molar-refractivity contribution in [1.82, 2.24) is 4.98 Å². The van der Waals surface area contributed by atoms with Crippen LogP contribution in [0.4, 0.5) is 5.69 Å². The molecule has 0 bridgehead atoms. The molecule has 0 fully saturated rings. The predicted octanol–water partition coefficient (Wildman–Crippen LogP) is 2.48. The van der Waals surface area contributed by atoms with Gasteiger partial charge in [0.25, 0.3) is 5.91 Å². The number of nitrogens with one attached hydrogen (secondary N) is 1. The highest BCUT2D eigenvalue weighted by Crippen LogP contribution is 2.22. The third-order valence-corrected chi connectivity index (χ3v) is 2.93. The number of anilines is 1. The second-order valence-electron chi connectivity index (χ2n) is 5.08. The molecular weight excluding hydrogens is 244 g/mol. The predicted molar refractivity (Wildman–Crippen MR) is 74.3 cm³/mol. The number of ether oxygens (including phenoxy) is 2. The Morgan fingerprint density at radius 1 is 1.42 bits per heavy atom. The van der Waals surface area contributed by atoms with E-state index in [2.05, 4.69) is 24.1 Å². The first-order valence-corrected chi connectivity index (χ1v) is 6.28. The molecule has 0 aliphatic heterocycles. The third kappa shape index (κ3) is 4.21. The quantitative estimate of drug-likeness (QED) is 0.859. The lowest BCUT2D eigenvalue weighted by Gasteiger charge is -2.28. The largest absolute Gasteiger partial charge is 0.481 e. The number of hydrogen-bond acceptors (Lipinski definition) is 4. The average molecular weight is 266 g/mol. The normalized spacial score (nSPS) is 14.0. The zero-order valence-corrected chi connectivity index (χ0v) is 12.2. The van der Waals surface area contributed by atoms with E-state index in [0.29, 0.717) is 23.9 Å². The van der Waals surface area contributed by atoms with E-state index in [1.807, 2.05) is 0 Å². The molecule has 19 heavy (non-hydrogen) atoms. The SMILES string of the molecule is COc1ccc(NC(=O)[C@](C)(CC(C)C)OC)cn1. The standard InChI is InChI=1S/C14H22N2O3/c1-10(2)8-14(3,19-5)13(17)16-11-6-7-12(18-4)15-9-11/h6-7,9-10H,8H2,1-5H3,(H,16,17)/t14-/m0/s1. The molecule has 0 saturated heterocycles. The molecule has 1 rings (SSSR count). The van der Waals surface area contributed by atoms with E-state index in [1.54, 1.807) is 39.5 Å². The fraction of sp³-hybridized carbons (Fsp3) is 0.571. The van der Waals surface area contributed by atoms with Gasteiger partial charge in [-0.15, -0.1) is 0 Å². The van der Waals surface area contributed by atoms with Crippen molar-refractivity contribution in [3.05, 3.63) is 18.3 Å². The lowest BCUT2D eigenvalue weighted by atomic mass is 9.93. The van der Waals surface area contributed by atoms with E-state index in [1.165, 1.54) is 0 Å². The molecule has 0 spiro atoms. The molecule has 0 unspecified atom stereocenters. The molecule has 106 valence electrons. The Morgan fingerprint density at radius 3 is 2.53 bits per heavy atom. The van der Waals surface area contributed by atoms with Crippen molar-refractivity contribution in [3.63, 3.8) is 0 Å². The molecule has 1 amide bonds. The first-order valence-electron chi connectivity index (χ1n) is 6.28. The van der Waals surface area contributed by atoms with Gasteiger partial charge >= 0.3 is 0 Å². The summed E-state index contributed by atoms with van der Waals surface area (Å²) in [6.45, 7) is 5.90. The lowest BCUT2D eigenvalue weighted by molar-refractivity contribution is -0.137. The highest BCUT2D eigenvalue weighted by atomic mass is 16.5. The van der Waals surface area contributed by atoms with Crippen LogP contribution in [0.25, 0.3) is 0 Å².